The second-order valence-electron chi connectivity index (χ2n) is 3.12. The van der Waals surface area contributed by atoms with Gasteiger partial charge in [0.05, 0.1) is 19.5 Å². The van der Waals surface area contributed by atoms with Crippen molar-refractivity contribution >= 4 is 13.4 Å². The SMILES string of the molecule is CCOP(=O)(OCC)C(C#N)=C(O)c1ccco1. The largest absolute Gasteiger partial charge is 0.503 e. The first-order valence-electron chi connectivity index (χ1n) is 5.36. The average Bonchev–Trinajstić information content (AvgIpc) is 2.83. The summed E-state index contributed by atoms with van der Waals surface area (Å²) in [5.74, 6) is -0.501. The molecule has 0 amide bonds. The fraction of sp³-hybridized carbons (Fsp3) is 0.364. The molecule has 0 aliphatic heterocycles. The van der Waals surface area contributed by atoms with Crippen molar-refractivity contribution in [1.29, 1.82) is 5.26 Å². The molecule has 1 aromatic rings. The summed E-state index contributed by atoms with van der Waals surface area (Å²) in [6, 6.07) is 4.63. The molecule has 1 N–H and O–H groups in total. The molecule has 0 aliphatic carbocycles. The van der Waals surface area contributed by atoms with Gasteiger partial charge in [0.25, 0.3) is 0 Å². The molecule has 0 atom stereocenters. The van der Waals surface area contributed by atoms with E-state index in [-0.39, 0.29) is 19.0 Å². The van der Waals surface area contributed by atoms with Crippen LogP contribution in [0.1, 0.15) is 19.6 Å². The van der Waals surface area contributed by atoms with Gasteiger partial charge in [-0.25, -0.2) is 0 Å². The Morgan fingerprint density at radius 3 is 2.50 bits per heavy atom. The lowest BCUT2D eigenvalue weighted by Gasteiger charge is -2.16. The molecule has 6 nitrogen and oxygen atoms in total. The molecule has 0 bridgehead atoms. The van der Waals surface area contributed by atoms with Crippen molar-refractivity contribution in [3.05, 3.63) is 29.5 Å². The van der Waals surface area contributed by atoms with Crippen LogP contribution in [0.3, 0.4) is 0 Å². The summed E-state index contributed by atoms with van der Waals surface area (Å²) in [5.41, 5.74) is 0. The van der Waals surface area contributed by atoms with Crippen LogP contribution in [0.4, 0.5) is 0 Å². The van der Waals surface area contributed by atoms with Gasteiger partial charge in [-0.2, -0.15) is 5.26 Å². The van der Waals surface area contributed by atoms with E-state index in [9.17, 15) is 9.67 Å². The molecular weight excluding hydrogens is 257 g/mol. The van der Waals surface area contributed by atoms with E-state index in [2.05, 4.69) is 0 Å². The maximum Gasteiger partial charge on any atom is 0.375 e. The molecule has 0 aromatic carbocycles. The third kappa shape index (κ3) is 3.02. The smallest absolute Gasteiger partial charge is 0.375 e. The third-order valence-electron chi connectivity index (χ3n) is 1.96. The van der Waals surface area contributed by atoms with Gasteiger partial charge in [-0.1, -0.05) is 0 Å². The molecule has 18 heavy (non-hydrogen) atoms. The first kappa shape index (κ1) is 14.5. The predicted molar refractivity (Wildman–Crippen MR) is 64.7 cm³/mol. The van der Waals surface area contributed by atoms with E-state index >= 15 is 0 Å². The number of hydrogen-bond acceptors (Lipinski definition) is 6. The van der Waals surface area contributed by atoms with E-state index in [1.165, 1.54) is 18.4 Å². The van der Waals surface area contributed by atoms with E-state index in [1.54, 1.807) is 19.9 Å². The van der Waals surface area contributed by atoms with Crippen molar-refractivity contribution in [1.82, 2.24) is 0 Å². The standard InChI is InChI=1S/C11H14NO5P/c1-3-16-18(14,17-4-2)10(8-12)11(13)9-6-5-7-15-9/h5-7,13H,3-4H2,1-2H3. The topological polar surface area (TPSA) is 92.7 Å². The van der Waals surface area contributed by atoms with E-state index < -0.39 is 18.7 Å². The number of hydrogen-bond donors (Lipinski definition) is 1. The Kier molecular flexibility index (Phi) is 5.17. The molecular formula is C11H14NO5P. The molecule has 0 saturated carbocycles. The van der Waals surface area contributed by atoms with Crippen LogP contribution in [0.25, 0.3) is 5.76 Å². The fourth-order valence-corrected chi connectivity index (χ4v) is 2.78. The number of aliphatic hydroxyl groups is 1. The summed E-state index contributed by atoms with van der Waals surface area (Å²) in [6.07, 6.45) is 1.33. The molecule has 1 rings (SSSR count). The molecule has 0 aliphatic rings. The van der Waals surface area contributed by atoms with Crippen molar-refractivity contribution in [2.24, 2.45) is 0 Å². The van der Waals surface area contributed by atoms with Crippen molar-refractivity contribution in [2.75, 3.05) is 13.2 Å². The highest BCUT2D eigenvalue weighted by Crippen LogP contribution is 2.57. The molecule has 0 saturated heterocycles. The van der Waals surface area contributed by atoms with E-state index in [0.29, 0.717) is 0 Å². The molecule has 0 fully saturated rings. The normalized spacial score (nSPS) is 12.9. The van der Waals surface area contributed by atoms with Crippen LogP contribution < -0.4 is 0 Å². The Labute approximate surface area is 105 Å². The second kappa shape index (κ2) is 6.41. The van der Waals surface area contributed by atoms with Crippen LogP contribution >= 0.6 is 7.60 Å². The van der Waals surface area contributed by atoms with Crippen LogP contribution in [0, 0.1) is 11.3 Å². The highest BCUT2D eigenvalue weighted by Gasteiger charge is 2.34. The minimum atomic E-state index is -3.82. The van der Waals surface area contributed by atoms with Gasteiger partial charge in [0.1, 0.15) is 6.07 Å². The lowest BCUT2D eigenvalue weighted by molar-refractivity contribution is 0.227. The number of rotatable bonds is 6. The lowest BCUT2D eigenvalue weighted by atomic mass is 10.3. The predicted octanol–water partition coefficient (Wildman–Crippen LogP) is 3.30. The highest BCUT2D eigenvalue weighted by atomic mass is 31.2. The fourth-order valence-electron chi connectivity index (χ4n) is 1.28. The average molecular weight is 271 g/mol. The van der Waals surface area contributed by atoms with Gasteiger partial charge in [-0.3, -0.25) is 4.57 Å². The summed E-state index contributed by atoms with van der Waals surface area (Å²) >= 11 is 0. The number of nitriles is 1. The van der Waals surface area contributed by atoms with Crippen LogP contribution in [-0.2, 0) is 13.6 Å². The van der Waals surface area contributed by atoms with E-state index in [1.807, 2.05) is 0 Å². The number of nitrogens with zero attached hydrogens (tertiary/aromatic N) is 1. The van der Waals surface area contributed by atoms with Crippen molar-refractivity contribution < 1.29 is 23.1 Å². The molecule has 0 spiro atoms. The molecule has 1 aromatic heterocycles. The lowest BCUT2D eigenvalue weighted by Crippen LogP contribution is -2.00. The summed E-state index contributed by atoms with van der Waals surface area (Å²) < 4.78 is 27.3. The molecule has 98 valence electrons. The molecule has 0 unspecified atom stereocenters. The van der Waals surface area contributed by atoms with Crippen LogP contribution in [0.15, 0.2) is 28.1 Å². The molecule has 1 heterocycles. The zero-order valence-electron chi connectivity index (χ0n) is 10.1. The van der Waals surface area contributed by atoms with Gasteiger partial charge in [0.15, 0.2) is 16.8 Å². The third-order valence-corrected chi connectivity index (χ3v) is 4.01. The van der Waals surface area contributed by atoms with Gasteiger partial charge >= 0.3 is 7.60 Å². The zero-order chi connectivity index (χ0) is 13.6. The van der Waals surface area contributed by atoms with Gasteiger partial charge in [0, 0.05) is 0 Å². The Hall–Kier alpha value is -1.54. The van der Waals surface area contributed by atoms with Gasteiger partial charge in [0.2, 0.25) is 0 Å². The Morgan fingerprint density at radius 2 is 2.11 bits per heavy atom. The van der Waals surface area contributed by atoms with E-state index in [4.69, 9.17) is 18.7 Å². The Bertz CT molecular complexity index is 490. The first-order chi connectivity index (χ1) is 8.59. The summed E-state index contributed by atoms with van der Waals surface area (Å²) in [5, 5.41) is 18.5. The van der Waals surface area contributed by atoms with Gasteiger partial charge in [-0.05, 0) is 26.0 Å². The second-order valence-corrected chi connectivity index (χ2v) is 5.08. The monoisotopic (exact) mass is 271 g/mol. The molecule has 0 radical (unpaired) electrons. The quantitative estimate of drug-likeness (QED) is 0.484. The maximum atomic E-state index is 12.4. The highest BCUT2D eigenvalue weighted by molar-refractivity contribution is 7.59. The van der Waals surface area contributed by atoms with E-state index in [0.717, 1.165) is 0 Å². The summed E-state index contributed by atoms with van der Waals surface area (Å²) in [6.45, 7) is 3.41. The van der Waals surface area contributed by atoms with Crippen LogP contribution in [-0.4, -0.2) is 18.3 Å². The van der Waals surface area contributed by atoms with Gasteiger partial charge in [-0.15, -0.1) is 0 Å². The molecule has 7 heteroatoms. The summed E-state index contributed by atoms with van der Waals surface area (Å²) in [4.78, 5) is 0. The Balaban J connectivity index is 3.27. The van der Waals surface area contributed by atoms with Crippen LogP contribution in [0.2, 0.25) is 0 Å². The Morgan fingerprint density at radius 1 is 1.50 bits per heavy atom. The number of aliphatic hydroxyl groups excluding tert-OH is 1. The number of furan rings is 1. The van der Waals surface area contributed by atoms with Crippen molar-refractivity contribution in [2.45, 2.75) is 13.8 Å². The zero-order valence-corrected chi connectivity index (χ0v) is 11.0. The summed E-state index contributed by atoms with van der Waals surface area (Å²) in [7, 11) is -3.82. The number of allylic oxidation sites excluding steroid dienone is 1. The minimum Gasteiger partial charge on any atom is -0.503 e. The minimum absolute atomic E-state index is 0.0335. The maximum absolute atomic E-state index is 12.4. The first-order valence-corrected chi connectivity index (χ1v) is 6.90. The van der Waals surface area contributed by atoms with Gasteiger partial charge < -0.3 is 18.6 Å². The van der Waals surface area contributed by atoms with Crippen molar-refractivity contribution in [3.63, 3.8) is 0 Å². The van der Waals surface area contributed by atoms with Crippen molar-refractivity contribution in [3.8, 4) is 6.07 Å². The van der Waals surface area contributed by atoms with Crippen LogP contribution in [0.5, 0.6) is 0 Å².